The molecule has 0 saturated heterocycles. The number of fused-ring (bicyclic) bond motifs is 1. The lowest BCUT2D eigenvalue weighted by atomic mass is 9.99. The van der Waals surface area contributed by atoms with E-state index in [0.29, 0.717) is 17.6 Å². The van der Waals surface area contributed by atoms with E-state index in [2.05, 4.69) is 10.2 Å². The number of benzene rings is 2. The SMILES string of the molecule is COc1ccc(CN(C(=O)[C@H](C)c2n[nH]c(=O)c3ccccc23)C2CC2)cc1OC1CCCCCC1. The van der Waals surface area contributed by atoms with Crippen molar-refractivity contribution in [1.29, 1.82) is 0 Å². The van der Waals surface area contributed by atoms with E-state index in [1.807, 2.05) is 48.2 Å². The number of amides is 1. The largest absolute Gasteiger partial charge is 0.493 e. The van der Waals surface area contributed by atoms with E-state index in [-0.39, 0.29) is 23.6 Å². The number of methoxy groups -OCH3 is 1. The van der Waals surface area contributed by atoms with Crippen LogP contribution in [0, 0.1) is 0 Å². The molecular weight excluding hydrogens is 454 g/mol. The van der Waals surface area contributed by atoms with Gasteiger partial charge in [-0.25, -0.2) is 5.10 Å². The molecule has 1 heterocycles. The van der Waals surface area contributed by atoms with Crippen LogP contribution in [0.2, 0.25) is 0 Å². The third-order valence-electron chi connectivity index (χ3n) is 7.45. The lowest BCUT2D eigenvalue weighted by Crippen LogP contribution is -2.36. The topological polar surface area (TPSA) is 84.5 Å². The summed E-state index contributed by atoms with van der Waals surface area (Å²) in [6.45, 7) is 2.37. The molecule has 2 aromatic carbocycles. The van der Waals surface area contributed by atoms with Gasteiger partial charge in [0.1, 0.15) is 0 Å². The molecule has 5 rings (SSSR count). The van der Waals surface area contributed by atoms with Crippen LogP contribution in [0.15, 0.2) is 47.3 Å². The first kappa shape index (κ1) is 24.3. The Labute approximate surface area is 211 Å². The Kier molecular flexibility index (Phi) is 7.25. The Bertz CT molecular complexity index is 1270. The van der Waals surface area contributed by atoms with Crippen LogP contribution < -0.4 is 15.0 Å². The molecule has 2 aliphatic rings. The molecule has 1 aromatic heterocycles. The molecule has 1 amide bonds. The summed E-state index contributed by atoms with van der Waals surface area (Å²) in [5, 5.41) is 8.13. The summed E-state index contributed by atoms with van der Waals surface area (Å²) in [5.74, 6) is 1.02. The fraction of sp³-hybridized carbons (Fsp3) is 0.483. The zero-order chi connectivity index (χ0) is 25.1. The van der Waals surface area contributed by atoms with Crippen molar-refractivity contribution in [3.8, 4) is 11.5 Å². The van der Waals surface area contributed by atoms with Gasteiger partial charge in [0.15, 0.2) is 11.5 Å². The number of aromatic amines is 1. The lowest BCUT2D eigenvalue weighted by molar-refractivity contribution is -0.133. The summed E-state index contributed by atoms with van der Waals surface area (Å²) in [4.78, 5) is 27.9. The van der Waals surface area contributed by atoms with Gasteiger partial charge in [0, 0.05) is 18.0 Å². The van der Waals surface area contributed by atoms with E-state index in [0.717, 1.165) is 48.1 Å². The average Bonchev–Trinajstić information content (AvgIpc) is 3.76. The molecule has 2 fully saturated rings. The van der Waals surface area contributed by atoms with Crippen LogP contribution in [0.1, 0.15) is 75.5 Å². The average molecular weight is 490 g/mol. The van der Waals surface area contributed by atoms with Crippen molar-refractivity contribution >= 4 is 16.7 Å². The standard InChI is InChI=1S/C29H35N3O4/c1-19(27-23-11-7-8-12-24(23)28(33)31-30-27)29(34)32(21-14-15-21)18-20-13-16-25(35-2)26(17-20)36-22-9-5-3-4-6-10-22/h7-8,11-13,16-17,19,21-22H,3-6,9-10,14-15,18H2,1-2H3,(H,31,33)/t19-/m1/s1. The van der Waals surface area contributed by atoms with Gasteiger partial charge in [-0.15, -0.1) is 0 Å². The number of hydrogen-bond acceptors (Lipinski definition) is 5. The molecule has 0 radical (unpaired) electrons. The molecule has 2 aliphatic carbocycles. The normalized spacial score (nSPS) is 17.4. The molecule has 0 unspecified atom stereocenters. The number of hydrogen-bond donors (Lipinski definition) is 1. The van der Waals surface area contributed by atoms with E-state index in [1.165, 1.54) is 25.7 Å². The monoisotopic (exact) mass is 489 g/mol. The molecule has 1 atom stereocenters. The van der Waals surface area contributed by atoms with Crippen molar-refractivity contribution < 1.29 is 14.3 Å². The Hall–Kier alpha value is -3.35. The summed E-state index contributed by atoms with van der Waals surface area (Å²) in [6, 6.07) is 13.5. The number of nitrogens with zero attached hydrogens (tertiary/aromatic N) is 2. The molecule has 0 aliphatic heterocycles. The number of aromatic nitrogens is 2. The van der Waals surface area contributed by atoms with Crippen molar-refractivity contribution in [1.82, 2.24) is 15.1 Å². The molecule has 1 N–H and O–H groups in total. The summed E-state index contributed by atoms with van der Waals surface area (Å²) in [5.41, 5.74) is 1.38. The van der Waals surface area contributed by atoms with Gasteiger partial charge in [-0.2, -0.15) is 5.10 Å². The number of rotatable bonds is 8. The Morgan fingerprint density at radius 3 is 2.44 bits per heavy atom. The molecule has 190 valence electrons. The highest BCUT2D eigenvalue weighted by Gasteiger charge is 2.36. The number of carbonyl (C=O) groups excluding carboxylic acids is 1. The molecule has 7 heteroatoms. The van der Waals surface area contributed by atoms with Crippen molar-refractivity contribution in [2.24, 2.45) is 0 Å². The van der Waals surface area contributed by atoms with Gasteiger partial charge in [-0.1, -0.05) is 37.1 Å². The number of ether oxygens (including phenoxy) is 2. The number of H-pyrrole nitrogens is 1. The van der Waals surface area contributed by atoms with Crippen LogP contribution in [0.5, 0.6) is 11.5 Å². The highest BCUT2D eigenvalue weighted by atomic mass is 16.5. The summed E-state index contributed by atoms with van der Waals surface area (Å²) >= 11 is 0. The molecular formula is C29H35N3O4. The highest BCUT2D eigenvalue weighted by molar-refractivity contribution is 5.91. The van der Waals surface area contributed by atoms with E-state index < -0.39 is 5.92 Å². The second-order valence-electron chi connectivity index (χ2n) is 10.1. The van der Waals surface area contributed by atoms with Crippen molar-refractivity contribution in [3.63, 3.8) is 0 Å². The van der Waals surface area contributed by atoms with Crippen LogP contribution in [0.25, 0.3) is 10.8 Å². The first-order valence-electron chi connectivity index (χ1n) is 13.2. The Balaban J connectivity index is 1.38. The van der Waals surface area contributed by atoms with Crippen LogP contribution >= 0.6 is 0 Å². The van der Waals surface area contributed by atoms with E-state index in [9.17, 15) is 9.59 Å². The zero-order valence-corrected chi connectivity index (χ0v) is 21.2. The second kappa shape index (κ2) is 10.7. The first-order chi connectivity index (χ1) is 17.5. The fourth-order valence-electron chi connectivity index (χ4n) is 5.25. The summed E-state index contributed by atoms with van der Waals surface area (Å²) < 4.78 is 12.0. The smallest absolute Gasteiger partial charge is 0.272 e. The van der Waals surface area contributed by atoms with Crippen LogP contribution in [0.3, 0.4) is 0 Å². The van der Waals surface area contributed by atoms with Gasteiger partial charge >= 0.3 is 0 Å². The van der Waals surface area contributed by atoms with E-state index in [4.69, 9.17) is 9.47 Å². The van der Waals surface area contributed by atoms with E-state index in [1.54, 1.807) is 13.2 Å². The van der Waals surface area contributed by atoms with Gasteiger partial charge in [0.25, 0.3) is 5.56 Å². The van der Waals surface area contributed by atoms with Crippen LogP contribution in [-0.4, -0.2) is 40.3 Å². The molecule has 0 spiro atoms. The minimum atomic E-state index is -0.479. The molecule has 7 nitrogen and oxygen atoms in total. The van der Waals surface area contributed by atoms with E-state index >= 15 is 0 Å². The fourth-order valence-corrected chi connectivity index (χ4v) is 5.25. The maximum Gasteiger partial charge on any atom is 0.272 e. The summed E-state index contributed by atoms with van der Waals surface area (Å²) in [7, 11) is 1.66. The Morgan fingerprint density at radius 2 is 1.75 bits per heavy atom. The van der Waals surface area contributed by atoms with Gasteiger partial charge in [-0.3, -0.25) is 9.59 Å². The van der Waals surface area contributed by atoms with Crippen LogP contribution in [0.4, 0.5) is 0 Å². The molecule has 3 aromatic rings. The molecule has 0 bridgehead atoms. The van der Waals surface area contributed by atoms with Crippen molar-refractivity contribution in [2.45, 2.75) is 82.9 Å². The number of carbonyl (C=O) groups is 1. The maximum absolute atomic E-state index is 13.8. The van der Waals surface area contributed by atoms with Gasteiger partial charge in [0.05, 0.1) is 30.2 Å². The van der Waals surface area contributed by atoms with Crippen molar-refractivity contribution in [3.05, 3.63) is 64.1 Å². The van der Waals surface area contributed by atoms with Gasteiger partial charge < -0.3 is 14.4 Å². The quantitative estimate of drug-likeness (QED) is 0.433. The predicted octanol–water partition coefficient (Wildman–Crippen LogP) is 5.33. The maximum atomic E-state index is 13.8. The lowest BCUT2D eigenvalue weighted by Gasteiger charge is -2.27. The molecule has 2 saturated carbocycles. The van der Waals surface area contributed by atoms with Gasteiger partial charge in [0.2, 0.25) is 5.91 Å². The third-order valence-corrected chi connectivity index (χ3v) is 7.45. The summed E-state index contributed by atoms with van der Waals surface area (Å²) in [6.07, 6.45) is 9.27. The first-order valence-corrected chi connectivity index (χ1v) is 13.2. The number of nitrogens with one attached hydrogen (secondary N) is 1. The predicted molar refractivity (Wildman–Crippen MR) is 139 cm³/mol. The van der Waals surface area contributed by atoms with Crippen molar-refractivity contribution in [2.75, 3.05) is 7.11 Å². The third kappa shape index (κ3) is 5.25. The second-order valence-corrected chi connectivity index (χ2v) is 10.1. The van der Waals surface area contributed by atoms with Gasteiger partial charge in [-0.05, 0) is 69.2 Å². The van der Waals surface area contributed by atoms with Crippen LogP contribution in [-0.2, 0) is 11.3 Å². The molecule has 36 heavy (non-hydrogen) atoms. The minimum absolute atomic E-state index is 0.0178. The minimum Gasteiger partial charge on any atom is -0.493 e. The highest BCUT2D eigenvalue weighted by Crippen LogP contribution is 2.35. The zero-order valence-electron chi connectivity index (χ0n) is 21.2. The Morgan fingerprint density at radius 1 is 1.03 bits per heavy atom.